The monoisotopic (exact) mass is 229 g/mol. The van der Waals surface area contributed by atoms with Gasteiger partial charge in [-0.3, -0.25) is 9.48 Å². The first-order valence-electron chi connectivity index (χ1n) is 5.49. The Morgan fingerprint density at radius 1 is 1.35 bits per heavy atom. The molecule has 0 radical (unpaired) electrons. The molecule has 1 N–H and O–H groups in total. The summed E-state index contributed by atoms with van der Waals surface area (Å²) >= 11 is 0. The lowest BCUT2D eigenvalue weighted by molar-refractivity contribution is 0.0950. The number of benzene rings is 1. The van der Waals surface area contributed by atoms with Gasteiger partial charge in [0.05, 0.1) is 11.3 Å². The molecule has 1 amide bonds. The van der Waals surface area contributed by atoms with Gasteiger partial charge < -0.3 is 5.32 Å². The number of hydrogen-bond donors (Lipinski definition) is 1. The highest BCUT2D eigenvalue weighted by Gasteiger charge is 2.11. The van der Waals surface area contributed by atoms with Crippen LogP contribution in [0.1, 0.15) is 21.6 Å². The van der Waals surface area contributed by atoms with Crippen LogP contribution in [0.5, 0.6) is 0 Å². The topological polar surface area (TPSA) is 46.9 Å². The maximum atomic E-state index is 11.9. The summed E-state index contributed by atoms with van der Waals surface area (Å²) in [5, 5.41) is 7.02. The molecular formula is C13H15N3O. The summed E-state index contributed by atoms with van der Waals surface area (Å²) in [6, 6.07) is 9.83. The highest BCUT2D eigenvalue weighted by molar-refractivity contribution is 5.94. The molecule has 0 fully saturated rings. The van der Waals surface area contributed by atoms with Gasteiger partial charge in [0.2, 0.25) is 0 Å². The van der Waals surface area contributed by atoms with Crippen LogP contribution < -0.4 is 5.32 Å². The molecule has 0 spiro atoms. The fourth-order valence-corrected chi connectivity index (χ4v) is 1.70. The second-order valence-corrected chi connectivity index (χ2v) is 3.97. The molecule has 0 bridgehead atoms. The number of amides is 1. The number of carbonyl (C=O) groups excluding carboxylic acids is 1. The average molecular weight is 229 g/mol. The predicted octanol–water partition coefficient (Wildman–Crippen LogP) is 1.66. The molecular weight excluding hydrogens is 214 g/mol. The van der Waals surface area contributed by atoms with E-state index in [0.717, 1.165) is 11.3 Å². The van der Waals surface area contributed by atoms with Crippen LogP contribution in [-0.2, 0) is 13.6 Å². The molecule has 88 valence electrons. The molecule has 0 saturated heterocycles. The van der Waals surface area contributed by atoms with E-state index < -0.39 is 0 Å². The number of carbonyl (C=O) groups is 1. The van der Waals surface area contributed by atoms with Gasteiger partial charge in [0.25, 0.3) is 5.91 Å². The molecule has 0 unspecified atom stereocenters. The third kappa shape index (κ3) is 2.72. The highest BCUT2D eigenvalue weighted by atomic mass is 16.1. The molecule has 0 atom stereocenters. The van der Waals surface area contributed by atoms with Crippen molar-refractivity contribution in [2.45, 2.75) is 13.5 Å². The van der Waals surface area contributed by atoms with E-state index in [9.17, 15) is 4.79 Å². The molecule has 4 heteroatoms. The number of nitrogens with one attached hydrogen (secondary N) is 1. The van der Waals surface area contributed by atoms with E-state index in [1.54, 1.807) is 17.9 Å². The number of nitrogens with zero attached hydrogens (tertiary/aromatic N) is 2. The third-order valence-corrected chi connectivity index (χ3v) is 2.55. The van der Waals surface area contributed by atoms with Gasteiger partial charge >= 0.3 is 0 Å². The van der Waals surface area contributed by atoms with Crippen molar-refractivity contribution < 1.29 is 4.79 Å². The summed E-state index contributed by atoms with van der Waals surface area (Å²) in [6.45, 7) is 2.37. The minimum atomic E-state index is -0.0838. The molecule has 1 heterocycles. The summed E-state index contributed by atoms with van der Waals surface area (Å²) in [7, 11) is 1.81. The van der Waals surface area contributed by atoms with Crippen LogP contribution in [0.4, 0.5) is 0 Å². The Morgan fingerprint density at radius 3 is 2.65 bits per heavy atom. The number of aromatic nitrogens is 2. The molecule has 0 aliphatic carbocycles. The minimum absolute atomic E-state index is 0.0838. The number of aryl methyl sites for hydroxylation is 2. The molecule has 17 heavy (non-hydrogen) atoms. The molecule has 0 aliphatic rings. The van der Waals surface area contributed by atoms with Gasteiger partial charge in [-0.15, -0.1) is 0 Å². The first kappa shape index (κ1) is 11.4. The van der Waals surface area contributed by atoms with Crippen molar-refractivity contribution in [1.82, 2.24) is 15.1 Å². The molecule has 0 saturated carbocycles. The van der Waals surface area contributed by atoms with E-state index in [4.69, 9.17) is 0 Å². The van der Waals surface area contributed by atoms with Gasteiger partial charge in [-0.25, -0.2) is 0 Å². The quantitative estimate of drug-likeness (QED) is 0.870. The predicted molar refractivity (Wildman–Crippen MR) is 65.6 cm³/mol. The van der Waals surface area contributed by atoms with Gasteiger partial charge in [-0.2, -0.15) is 5.10 Å². The summed E-state index contributed by atoms with van der Waals surface area (Å²) in [4.78, 5) is 11.9. The van der Waals surface area contributed by atoms with Gasteiger partial charge in [0.15, 0.2) is 0 Å². The lowest BCUT2D eigenvalue weighted by Gasteiger charge is -2.03. The Labute approximate surface area is 100 Å². The molecule has 1 aromatic heterocycles. The van der Waals surface area contributed by atoms with Gasteiger partial charge in [-0.1, -0.05) is 30.3 Å². The fourth-order valence-electron chi connectivity index (χ4n) is 1.70. The maximum Gasteiger partial charge on any atom is 0.255 e. The van der Waals surface area contributed by atoms with Crippen molar-refractivity contribution in [1.29, 1.82) is 0 Å². The largest absolute Gasteiger partial charge is 0.348 e. The Hall–Kier alpha value is -2.10. The van der Waals surface area contributed by atoms with E-state index in [-0.39, 0.29) is 5.91 Å². The lowest BCUT2D eigenvalue weighted by atomic mass is 10.2. The Balaban J connectivity index is 2.01. The first-order valence-corrected chi connectivity index (χ1v) is 5.49. The van der Waals surface area contributed by atoms with E-state index in [0.29, 0.717) is 12.1 Å². The summed E-state index contributed by atoms with van der Waals surface area (Å²) in [6.07, 6.45) is 1.73. The van der Waals surface area contributed by atoms with Crippen LogP contribution in [0.15, 0.2) is 36.5 Å². The highest BCUT2D eigenvalue weighted by Crippen LogP contribution is 2.05. The first-order chi connectivity index (χ1) is 8.16. The standard InChI is InChI=1S/C13H15N3O/c1-10-12(9-16(2)15-10)13(17)14-8-11-6-4-3-5-7-11/h3-7,9H,8H2,1-2H3,(H,14,17). The summed E-state index contributed by atoms with van der Waals surface area (Å²) in [5.41, 5.74) is 2.46. The lowest BCUT2D eigenvalue weighted by Crippen LogP contribution is -2.23. The fraction of sp³-hybridized carbons (Fsp3) is 0.231. The van der Waals surface area contributed by atoms with Crippen molar-refractivity contribution in [3.63, 3.8) is 0 Å². The SMILES string of the molecule is Cc1nn(C)cc1C(=O)NCc1ccccc1. The zero-order valence-corrected chi connectivity index (χ0v) is 9.97. The van der Waals surface area contributed by atoms with E-state index >= 15 is 0 Å². The molecule has 0 aliphatic heterocycles. The molecule has 2 aromatic rings. The van der Waals surface area contributed by atoms with Gasteiger partial charge in [-0.05, 0) is 12.5 Å². The maximum absolute atomic E-state index is 11.9. The number of hydrogen-bond acceptors (Lipinski definition) is 2. The molecule has 4 nitrogen and oxygen atoms in total. The van der Waals surface area contributed by atoms with Crippen molar-refractivity contribution >= 4 is 5.91 Å². The van der Waals surface area contributed by atoms with Crippen LogP contribution in [0.25, 0.3) is 0 Å². The smallest absolute Gasteiger partial charge is 0.255 e. The Bertz CT molecular complexity index is 517. The van der Waals surface area contributed by atoms with Crippen LogP contribution in [0, 0.1) is 6.92 Å². The van der Waals surface area contributed by atoms with E-state index in [2.05, 4.69) is 10.4 Å². The van der Waals surface area contributed by atoms with E-state index in [1.165, 1.54) is 0 Å². The van der Waals surface area contributed by atoms with E-state index in [1.807, 2.05) is 37.3 Å². The average Bonchev–Trinajstić information content (AvgIpc) is 2.67. The van der Waals surface area contributed by atoms with Crippen molar-refractivity contribution in [2.24, 2.45) is 7.05 Å². The van der Waals surface area contributed by atoms with Gasteiger partial charge in [0.1, 0.15) is 0 Å². The Kier molecular flexibility index (Phi) is 3.23. The molecule has 1 aromatic carbocycles. The zero-order chi connectivity index (χ0) is 12.3. The van der Waals surface area contributed by atoms with Crippen LogP contribution in [0.3, 0.4) is 0 Å². The Morgan fingerprint density at radius 2 is 2.06 bits per heavy atom. The molecule has 2 rings (SSSR count). The van der Waals surface area contributed by atoms with Gasteiger partial charge in [0, 0.05) is 19.8 Å². The zero-order valence-electron chi connectivity index (χ0n) is 9.97. The van der Waals surface area contributed by atoms with Crippen LogP contribution in [-0.4, -0.2) is 15.7 Å². The number of rotatable bonds is 3. The van der Waals surface area contributed by atoms with Crippen LogP contribution >= 0.6 is 0 Å². The van der Waals surface area contributed by atoms with Crippen molar-refractivity contribution in [3.8, 4) is 0 Å². The van der Waals surface area contributed by atoms with Crippen molar-refractivity contribution in [3.05, 3.63) is 53.3 Å². The van der Waals surface area contributed by atoms with Crippen molar-refractivity contribution in [2.75, 3.05) is 0 Å². The summed E-state index contributed by atoms with van der Waals surface area (Å²) < 4.78 is 1.65. The van der Waals surface area contributed by atoms with Crippen LogP contribution in [0.2, 0.25) is 0 Å². The third-order valence-electron chi connectivity index (χ3n) is 2.55. The summed E-state index contributed by atoms with van der Waals surface area (Å²) in [5.74, 6) is -0.0838. The normalized spacial score (nSPS) is 10.2. The second kappa shape index (κ2) is 4.82. The second-order valence-electron chi connectivity index (χ2n) is 3.97. The minimum Gasteiger partial charge on any atom is -0.348 e.